The van der Waals surface area contributed by atoms with Gasteiger partial charge in [-0.05, 0) is 24.3 Å². The minimum absolute atomic E-state index is 0.407. The number of hydrogen-bond donors (Lipinski definition) is 0. The Morgan fingerprint density at radius 1 is 1.00 bits per heavy atom. The Balaban J connectivity index is 1.99. The average Bonchev–Trinajstić information content (AvgIpc) is 2.90. The Hall–Kier alpha value is -2.56. The fraction of sp³-hybridized carbons (Fsp3) is 0. The fourth-order valence-corrected chi connectivity index (χ4v) is 1.43. The van der Waals surface area contributed by atoms with Crippen molar-refractivity contribution < 1.29 is 4.52 Å². The summed E-state index contributed by atoms with van der Waals surface area (Å²) < 4.78 is 5.15. The largest absolute Gasteiger partial charge is 0.332 e. The van der Waals surface area contributed by atoms with Gasteiger partial charge >= 0.3 is 0 Å². The first kappa shape index (κ1) is 9.65. The lowest BCUT2D eigenvalue weighted by Gasteiger charge is -1.90. The molecule has 0 radical (unpaired) electrons. The van der Waals surface area contributed by atoms with Gasteiger partial charge in [-0.15, -0.1) is 0 Å². The molecular weight excluding hydrogens is 216 g/mol. The quantitative estimate of drug-likeness (QED) is 0.667. The van der Waals surface area contributed by atoms with Crippen molar-refractivity contribution in [1.29, 1.82) is 0 Å². The molecule has 0 aliphatic rings. The maximum Gasteiger partial charge on any atom is 0.276 e. The third-order valence-electron chi connectivity index (χ3n) is 2.23. The van der Waals surface area contributed by atoms with Crippen LogP contribution >= 0.6 is 0 Å². The van der Waals surface area contributed by atoms with E-state index < -0.39 is 0 Å². The van der Waals surface area contributed by atoms with Crippen LogP contribution in [0.2, 0.25) is 0 Å². The summed E-state index contributed by atoms with van der Waals surface area (Å²) in [5, 5.41) is 3.90. The van der Waals surface area contributed by atoms with Crippen molar-refractivity contribution in [2.75, 3.05) is 0 Å². The van der Waals surface area contributed by atoms with Crippen LogP contribution in [0.25, 0.3) is 23.0 Å². The van der Waals surface area contributed by atoms with Gasteiger partial charge < -0.3 is 4.52 Å². The van der Waals surface area contributed by atoms with E-state index in [2.05, 4.69) is 20.1 Å². The predicted octanol–water partition coefficient (Wildman–Crippen LogP) is 2.19. The summed E-state index contributed by atoms with van der Waals surface area (Å²) in [7, 11) is 0. The highest BCUT2D eigenvalue weighted by molar-refractivity contribution is 5.56. The van der Waals surface area contributed by atoms with E-state index in [9.17, 15) is 0 Å². The second-order valence-electron chi connectivity index (χ2n) is 3.38. The molecule has 0 aliphatic carbocycles. The zero-order valence-electron chi connectivity index (χ0n) is 8.82. The minimum Gasteiger partial charge on any atom is -0.332 e. The van der Waals surface area contributed by atoms with Crippen LogP contribution in [0.3, 0.4) is 0 Å². The average molecular weight is 224 g/mol. The summed E-state index contributed by atoms with van der Waals surface area (Å²) in [6.07, 6.45) is 5.07. The van der Waals surface area contributed by atoms with Gasteiger partial charge in [-0.3, -0.25) is 9.97 Å². The molecule has 3 heterocycles. The van der Waals surface area contributed by atoms with Crippen LogP contribution in [0, 0.1) is 0 Å². The SMILES string of the molecule is c1ccc(-c2nc(-c3cccnc3)no2)nc1. The molecule has 3 rings (SSSR count). The molecule has 0 fully saturated rings. The molecule has 0 N–H and O–H groups in total. The van der Waals surface area contributed by atoms with Crippen LogP contribution in [-0.2, 0) is 0 Å². The maximum absolute atomic E-state index is 5.15. The highest BCUT2D eigenvalue weighted by Gasteiger charge is 2.10. The summed E-state index contributed by atoms with van der Waals surface area (Å²) >= 11 is 0. The number of rotatable bonds is 2. The van der Waals surface area contributed by atoms with E-state index in [1.807, 2.05) is 30.3 Å². The molecule has 17 heavy (non-hydrogen) atoms. The van der Waals surface area contributed by atoms with Gasteiger partial charge in [0.15, 0.2) is 0 Å². The van der Waals surface area contributed by atoms with E-state index in [1.165, 1.54) is 0 Å². The molecule has 0 saturated carbocycles. The highest BCUT2D eigenvalue weighted by atomic mass is 16.5. The molecule has 3 aromatic rings. The van der Waals surface area contributed by atoms with Crippen LogP contribution in [0.1, 0.15) is 0 Å². The molecule has 5 heteroatoms. The molecule has 3 aromatic heterocycles. The molecule has 0 atom stereocenters. The highest BCUT2D eigenvalue weighted by Crippen LogP contribution is 2.19. The molecule has 0 unspecified atom stereocenters. The molecule has 5 nitrogen and oxygen atoms in total. The second kappa shape index (κ2) is 4.13. The maximum atomic E-state index is 5.15. The van der Waals surface area contributed by atoms with E-state index in [0.717, 1.165) is 5.56 Å². The Kier molecular flexibility index (Phi) is 2.34. The number of nitrogens with zero attached hydrogens (tertiary/aromatic N) is 4. The standard InChI is InChI=1S/C12H8N4O/c1-2-7-14-10(5-1)12-15-11(16-17-12)9-4-3-6-13-8-9/h1-8H. The molecule has 0 amide bonds. The van der Waals surface area contributed by atoms with E-state index in [4.69, 9.17) is 4.52 Å². The molecule has 0 saturated heterocycles. The summed E-state index contributed by atoms with van der Waals surface area (Å²) in [4.78, 5) is 12.4. The third-order valence-corrected chi connectivity index (χ3v) is 2.23. The molecular formula is C12H8N4O. The van der Waals surface area contributed by atoms with Gasteiger partial charge in [-0.25, -0.2) is 0 Å². The van der Waals surface area contributed by atoms with Crippen LogP contribution in [0.15, 0.2) is 53.4 Å². The summed E-state index contributed by atoms with van der Waals surface area (Å²) in [5.41, 5.74) is 1.48. The van der Waals surface area contributed by atoms with E-state index in [-0.39, 0.29) is 0 Å². The number of pyridine rings is 2. The van der Waals surface area contributed by atoms with Gasteiger partial charge in [0.2, 0.25) is 5.82 Å². The normalized spacial score (nSPS) is 10.4. The summed E-state index contributed by atoms with van der Waals surface area (Å²) in [5.74, 6) is 0.920. The van der Waals surface area contributed by atoms with Crippen molar-refractivity contribution >= 4 is 0 Å². The number of hydrogen-bond acceptors (Lipinski definition) is 5. The zero-order chi connectivity index (χ0) is 11.5. The zero-order valence-corrected chi connectivity index (χ0v) is 8.82. The molecule has 0 aliphatic heterocycles. The van der Waals surface area contributed by atoms with E-state index in [0.29, 0.717) is 17.4 Å². The summed E-state index contributed by atoms with van der Waals surface area (Å²) in [6, 6.07) is 9.23. The van der Waals surface area contributed by atoms with Crippen molar-refractivity contribution in [2.24, 2.45) is 0 Å². The Labute approximate surface area is 97.2 Å². The number of aromatic nitrogens is 4. The van der Waals surface area contributed by atoms with Gasteiger partial charge in [0.1, 0.15) is 5.69 Å². The minimum atomic E-state index is 0.407. The van der Waals surface area contributed by atoms with Crippen LogP contribution in [0.4, 0.5) is 0 Å². The third kappa shape index (κ3) is 1.90. The smallest absolute Gasteiger partial charge is 0.276 e. The Morgan fingerprint density at radius 3 is 2.76 bits per heavy atom. The molecule has 0 bridgehead atoms. The second-order valence-corrected chi connectivity index (χ2v) is 3.38. The van der Waals surface area contributed by atoms with E-state index in [1.54, 1.807) is 18.6 Å². The van der Waals surface area contributed by atoms with Crippen molar-refractivity contribution in [2.45, 2.75) is 0 Å². The van der Waals surface area contributed by atoms with Crippen molar-refractivity contribution in [3.8, 4) is 23.0 Å². The lowest BCUT2D eigenvalue weighted by atomic mass is 10.3. The predicted molar refractivity (Wildman–Crippen MR) is 60.8 cm³/mol. The molecule has 82 valence electrons. The Bertz CT molecular complexity index is 553. The van der Waals surface area contributed by atoms with Crippen LogP contribution < -0.4 is 0 Å². The monoisotopic (exact) mass is 224 g/mol. The summed E-state index contributed by atoms with van der Waals surface area (Å²) in [6.45, 7) is 0. The Morgan fingerprint density at radius 2 is 2.00 bits per heavy atom. The van der Waals surface area contributed by atoms with E-state index >= 15 is 0 Å². The van der Waals surface area contributed by atoms with Crippen molar-refractivity contribution in [1.82, 2.24) is 20.1 Å². The van der Waals surface area contributed by atoms with Crippen molar-refractivity contribution in [3.63, 3.8) is 0 Å². The fourth-order valence-electron chi connectivity index (χ4n) is 1.43. The lowest BCUT2D eigenvalue weighted by molar-refractivity contribution is 0.431. The lowest BCUT2D eigenvalue weighted by Crippen LogP contribution is -1.83. The molecule has 0 aromatic carbocycles. The van der Waals surface area contributed by atoms with Gasteiger partial charge in [-0.1, -0.05) is 11.2 Å². The topological polar surface area (TPSA) is 64.7 Å². The van der Waals surface area contributed by atoms with Crippen LogP contribution in [-0.4, -0.2) is 20.1 Å². The van der Waals surface area contributed by atoms with Crippen molar-refractivity contribution in [3.05, 3.63) is 48.9 Å². The molecule has 0 spiro atoms. The first-order valence-corrected chi connectivity index (χ1v) is 5.09. The van der Waals surface area contributed by atoms with Gasteiger partial charge in [0.05, 0.1) is 0 Å². The van der Waals surface area contributed by atoms with Gasteiger partial charge in [-0.2, -0.15) is 4.98 Å². The van der Waals surface area contributed by atoms with Crippen LogP contribution in [0.5, 0.6) is 0 Å². The van der Waals surface area contributed by atoms with Gasteiger partial charge in [0, 0.05) is 24.2 Å². The van der Waals surface area contributed by atoms with Gasteiger partial charge in [0.25, 0.3) is 5.89 Å². The first-order valence-electron chi connectivity index (χ1n) is 5.09. The first-order chi connectivity index (χ1) is 8.43.